The summed E-state index contributed by atoms with van der Waals surface area (Å²) in [5.41, 5.74) is 0.192. The van der Waals surface area contributed by atoms with Gasteiger partial charge in [0.15, 0.2) is 22.5 Å². The molecule has 1 heterocycles. The van der Waals surface area contributed by atoms with Gasteiger partial charge < -0.3 is 4.74 Å². The minimum Gasteiger partial charge on any atom is -0.439 e. The number of aryl methyl sites for hydroxylation is 1. The molecule has 0 bridgehead atoms. The van der Waals surface area contributed by atoms with Crippen molar-refractivity contribution >= 4 is 11.8 Å². The largest absolute Gasteiger partial charge is 0.439 e. The Labute approximate surface area is 161 Å². The Balaban J connectivity index is 1.84. The molecular weight excluding hydrogens is 399 g/mol. The Morgan fingerprint density at radius 3 is 2.29 bits per heavy atom. The van der Waals surface area contributed by atoms with E-state index in [0.717, 1.165) is 29.5 Å². The number of aromatic nitrogens is 2. The van der Waals surface area contributed by atoms with Crippen molar-refractivity contribution < 1.29 is 26.7 Å². The van der Waals surface area contributed by atoms with Gasteiger partial charge in [0, 0.05) is 11.8 Å². The van der Waals surface area contributed by atoms with Crippen LogP contribution in [0.3, 0.4) is 0 Å². The molecule has 0 unspecified atom stereocenters. The number of halogens is 5. The van der Waals surface area contributed by atoms with Crippen LogP contribution >= 0.6 is 11.8 Å². The molecule has 1 aromatic heterocycles. The van der Waals surface area contributed by atoms with Gasteiger partial charge in [0.1, 0.15) is 5.75 Å². The van der Waals surface area contributed by atoms with E-state index >= 15 is 0 Å². The third-order valence-corrected chi connectivity index (χ3v) is 4.49. The molecule has 0 N–H and O–H groups in total. The van der Waals surface area contributed by atoms with Crippen molar-refractivity contribution in [1.29, 1.82) is 0 Å². The third-order valence-electron chi connectivity index (χ3n) is 3.57. The molecule has 28 heavy (non-hydrogen) atoms. The fourth-order valence-electron chi connectivity index (χ4n) is 2.17. The average molecular weight is 412 g/mol. The van der Waals surface area contributed by atoms with Gasteiger partial charge in [-0.15, -0.1) is 0 Å². The first kappa shape index (κ1) is 20.1. The second kappa shape index (κ2) is 8.14. The van der Waals surface area contributed by atoms with E-state index in [4.69, 9.17) is 4.74 Å². The summed E-state index contributed by atoms with van der Waals surface area (Å²) < 4.78 is 71.1. The minimum atomic E-state index is -4.69. The molecule has 3 aromatic rings. The van der Waals surface area contributed by atoms with Crippen LogP contribution < -0.4 is 4.74 Å². The smallest absolute Gasteiger partial charge is 0.433 e. The van der Waals surface area contributed by atoms with Crippen molar-refractivity contribution in [2.24, 2.45) is 0 Å². The van der Waals surface area contributed by atoms with Crippen LogP contribution in [0.4, 0.5) is 22.0 Å². The van der Waals surface area contributed by atoms with Crippen LogP contribution in [-0.2, 0) is 11.9 Å². The van der Waals surface area contributed by atoms with Crippen molar-refractivity contribution in [3.63, 3.8) is 0 Å². The lowest BCUT2D eigenvalue weighted by Gasteiger charge is -2.11. The van der Waals surface area contributed by atoms with Crippen LogP contribution in [0, 0.1) is 18.6 Å². The van der Waals surface area contributed by atoms with E-state index in [1.54, 1.807) is 24.3 Å². The third kappa shape index (κ3) is 5.19. The van der Waals surface area contributed by atoms with Gasteiger partial charge in [0.25, 0.3) is 0 Å². The highest BCUT2D eigenvalue weighted by atomic mass is 32.2. The maximum absolute atomic E-state index is 13.3. The molecule has 3 rings (SSSR count). The van der Waals surface area contributed by atoms with Crippen molar-refractivity contribution in [2.75, 3.05) is 0 Å². The molecule has 0 aliphatic carbocycles. The van der Waals surface area contributed by atoms with Crippen LogP contribution in [0.1, 0.15) is 16.8 Å². The molecule has 0 aliphatic heterocycles. The van der Waals surface area contributed by atoms with Crippen molar-refractivity contribution in [3.8, 4) is 11.6 Å². The molecule has 0 spiro atoms. The lowest BCUT2D eigenvalue weighted by Crippen LogP contribution is -2.10. The van der Waals surface area contributed by atoms with Gasteiger partial charge in [0.05, 0.1) is 0 Å². The van der Waals surface area contributed by atoms with Crippen LogP contribution in [-0.4, -0.2) is 9.97 Å². The summed E-state index contributed by atoms with van der Waals surface area (Å²) in [6.45, 7) is 1.86. The summed E-state index contributed by atoms with van der Waals surface area (Å²) in [6.07, 6.45) is -4.69. The summed E-state index contributed by atoms with van der Waals surface area (Å²) in [4.78, 5) is 7.48. The summed E-state index contributed by atoms with van der Waals surface area (Å²) in [6, 6.07) is 10.7. The molecule has 2 aromatic carbocycles. The van der Waals surface area contributed by atoms with E-state index in [9.17, 15) is 22.0 Å². The first-order valence-electron chi connectivity index (χ1n) is 7.98. The van der Waals surface area contributed by atoms with Crippen molar-refractivity contribution in [3.05, 3.63) is 77.0 Å². The molecule has 0 saturated carbocycles. The topological polar surface area (TPSA) is 35.0 Å². The van der Waals surface area contributed by atoms with Gasteiger partial charge in [-0.05, 0) is 36.8 Å². The fourth-order valence-corrected chi connectivity index (χ4v) is 2.96. The van der Waals surface area contributed by atoms with Gasteiger partial charge in [-0.3, -0.25) is 0 Å². The Hall–Kier alpha value is -2.68. The number of hydrogen-bond acceptors (Lipinski definition) is 4. The number of alkyl halides is 3. The number of thioether (sulfide) groups is 1. The quantitative estimate of drug-likeness (QED) is 0.285. The molecule has 0 atom stereocenters. The monoisotopic (exact) mass is 412 g/mol. The molecule has 0 aliphatic rings. The Kier molecular flexibility index (Phi) is 5.83. The van der Waals surface area contributed by atoms with E-state index in [0.29, 0.717) is 17.4 Å². The van der Waals surface area contributed by atoms with Crippen LogP contribution in [0.2, 0.25) is 0 Å². The van der Waals surface area contributed by atoms with Crippen LogP contribution in [0.15, 0.2) is 53.7 Å². The number of benzene rings is 2. The summed E-state index contributed by atoms with van der Waals surface area (Å²) >= 11 is 0.854. The fraction of sp³-hybridized carbons (Fsp3) is 0.158. The van der Waals surface area contributed by atoms with Crippen molar-refractivity contribution in [1.82, 2.24) is 9.97 Å². The van der Waals surface area contributed by atoms with E-state index < -0.39 is 23.5 Å². The lowest BCUT2D eigenvalue weighted by atomic mass is 10.2. The van der Waals surface area contributed by atoms with Crippen molar-refractivity contribution in [2.45, 2.75) is 24.0 Å². The van der Waals surface area contributed by atoms with Gasteiger partial charge in [-0.2, -0.15) is 18.2 Å². The second-order valence-electron chi connectivity index (χ2n) is 5.82. The highest BCUT2D eigenvalue weighted by Gasteiger charge is 2.34. The average Bonchev–Trinajstić information content (AvgIpc) is 2.64. The predicted octanol–water partition coefficient (Wildman–Crippen LogP) is 6.17. The second-order valence-corrected chi connectivity index (χ2v) is 6.77. The van der Waals surface area contributed by atoms with Gasteiger partial charge >= 0.3 is 6.18 Å². The van der Waals surface area contributed by atoms with Gasteiger partial charge in [-0.1, -0.05) is 35.5 Å². The standard InChI is InChI=1S/C19H13F5N2OS/c1-11-2-5-13(6-3-11)27-17-9-16(19(22,23)24)25-18(26-17)28-10-12-4-7-14(20)15(21)8-12/h2-9H,10H2,1H3. The highest BCUT2D eigenvalue weighted by molar-refractivity contribution is 7.98. The highest BCUT2D eigenvalue weighted by Crippen LogP contribution is 2.33. The Bertz CT molecular complexity index is 977. The predicted molar refractivity (Wildman–Crippen MR) is 94.2 cm³/mol. The van der Waals surface area contributed by atoms with Gasteiger partial charge in [0.2, 0.25) is 5.88 Å². The lowest BCUT2D eigenvalue weighted by molar-refractivity contribution is -0.141. The van der Waals surface area contributed by atoms with E-state index in [2.05, 4.69) is 9.97 Å². The Morgan fingerprint density at radius 2 is 1.64 bits per heavy atom. The number of nitrogens with zero attached hydrogens (tertiary/aromatic N) is 2. The zero-order chi connectivity index (χ0) is 20.3. The SMILES string of the molecule is Cc1ccc(Oc2cc(C(F)(F)F)nc(SCc3ccc(F)c(F)c3)n2)cc1. The van der Waals surface area contributed by atoms with E-state index in [1.165, 1.54) is 6.07 Å². The minimum absolute atomic E-state index is 0.0580. The number of rotatable bonds is 5. The van der Waals surface area contributed by atoms with Gasteiger partial charge in [-0.25, -0.2) is 13.8 Å². The molecule has 0 fully saturated rings. The normalized spacial score (nSPS) is 11.5. The summed E-state index contributed by atoms with van der Waals surface area (Å²) in [5.74, 6) is -1.92. The number of ether oxygens (including phenoxy) is 1. The van der Waals surface area contributed by atoms with Crippen LogP contribution in [0.25, 0.3) is 0 Å². The summed E-state index contributed by atoms with van der Waals surface area (Å²) in [7, 11) is 0. The summed E-state index contributed by atoms with van der Waals surface area (Å²) in [5, 5.41) is -0.193. The maximum Gasteiger partial charge on any atom is 0.433 e. The molecular formula is C19H13F5N2OS. The number of hydrogen-bond donors (Lipinski definition) is 0. The van der Waals surface area contributed by atoms with Crippen LogP contribution in [0.5, 0.6) is 11.6 Å². The molecule has 0 amide bonds. The first-order valence-corrected chi connectivity index (χ1v) is 8.97. The molecule has 3 nitrogen and oxygen atoms in total. The molecule has 0 saturated heterocycles. The van der Waals surface area contributed by atoms with E-state index in [1.807, 2.05) is 6.92 Å². The Morgan fingerprint density at radius 1 is 0.929 bits per heavy atom. The first-order chi connectivity index (χ1) is 13.2. The zero-order valence-electron chi connectivity index (χ0n) is 14.4. The zero-order valence-corrected chi connectivity index (χ0v) is 15.2. The maximum atomic E-state index is 13.3. The van der Waals surface area contributed by atoms with E-state index in [-0.39, 0.29) is 16.8 Å². The molecule has 0 radical (unpaired) electrons. The molecule has 9 heteroatoms. The molecule has 146 valence electrons.